The lowest BCUT2D eigenvalue weighted by Crippen LogP contribution is -2.44. The number of ketones is 1. The van der Waals surface area contributed by atoms with Crippen LogP contribution in [0.1, 0.15) is 43.0 Å². The van der Waals surface area contributed by atoms with Crippen LogP contribution in [-0.4, -0.2) is 42.0 Å². The fourth-order valence-corrected chi connectivity index (χ4v) is 3.91. The number of rotatable bonds is 2. The van der Waals surface area contributed by atoms with E-state index in [9.17, 15) is 4.79 Å². The zero-order chi connectivity index (χ0) is 14.6. The number of Topliss-reactive ketones (excluding diaryl/α,β-unsaturated/α-hetero) is 1. The van der Waals surface area contributed by atoms with Crippen LogP contribution in [0.4, 0.5) is 0 Å². The van der Waals surface area contributed by atoms with Gasteiger partial charge in [0.2, 0.25) is 0 Å². The zero-order valence-corrected chi connectivity index (χ0v) is 12.6. The average Bonchev–Trinajstić information content (AvgIpc) is 3.25. The van der Waals surface area contributed by atoms with Gasteiger partial charge in [-0.1, -0.05) is 0 Å². The summed E-state index contributed by atoms with van der Waals surface area (Å²) in [6.07, 6.45) is 4.02. The van der Waals surface area contributed by atoms with Gasteiger partial charge in [0.05, 0.1) is 19.1 Å². The predicted molar refractivity (Wildman–Crippen MR) is 79.1 cm³/mol. The van der Waals surface area contributed by atoms with Crippen molar-refractivity contribution in [1.29, 1.82) is 0 Å². The van der Waals surface area contributed by atoms with Gasteiger partial charge >= 0.3 is 0 Å². The van der Waals surface area contributed by atoms with E-state index in [1.807, 2.05) is 12.1 Å². The normalized spacial score (nSPS) is 32.1. The largest absolute Gasteiger partial charge is 0.497 e. The van der Waals surface area contributed by atoms with E-state index < -0.39 is 0 Å². The number of methoxy groups -OCH3 is 1. The van der Waals surface area contributed by atoms with E-state index in [-0.39, 0.29) is 11.4 Å². The second-order valence-corrected chi connectivity index (χ2v) is 6.70. The maximum Gasteiger partial charge on any atom is 0.170 e. The smallest absolute Gasteiger partial charge is 0.170 e. The van der Waals surface area contributed by atoms with Crippen molar-refractivity contribution in [3.05, 3.63) is 23.8 Å². The van der Waals surface area contributed by atoms with Crippen LogP contribution in [0.5, 0.6) is 11.5 Å². The third-order valence-electron chi connectivity index (χ3n) is 5.02. The van der Waals surface area contributed by atoms with Gasteiger partial charge in [0, 0.05) is 25.0 Å². The second kappa shape index (κ2) is 4.47. The van der Waals surface area contributed by atoms with E-state index in [4.69, 9.17) is 9.47 Å². The van der Waals surface area contributed by atoms with Crippen molar-refractivity contribution in [3.8, 4) is 11.5 Å². The fraction of sp³-hybridized carbons (Fsp3) is 0.588. The van der Waals surface area contributed by atoms with Gasteiger partial charge < -0.3 is 9.47 Å². The SMILES string of the molecule is COc1ccc2c(c1)C(=O)CC1(CC(C)N(C3CC3)C1)O2. The average molecular weight is 287 g/mol. The Morgan fingerprint density at radius 2 is 2.19 bits per heavy atom. The van der Waals surface area contributed by atoms with E-state index in [2.05, 4.69) is 11.8 Å². The van der Waals surface area contributed by atoms with Gasteiger partial charge in [0.25, 0.3) is 0 Å². The van der Waals surface area contributed by atoms with Gasteiger partial charge in [-0.25, -0.2) is 0 Å². The van der Waals surface area contributed by atoms with Crippen molar-refractivity contribution in [3.63, 3.8) is 0 Å². The Morgan fingerprint density at radius 3 is 2.90 bits per heavy atom. The Kier molecular flexibility index (Phi) is 2.80. The minimum Gasteiger partial charge on any atom is -0.497 e. The Morgan fingerprint density at radius 1 is 1.38 bits per heavy atom. The summed E-state index contributed by atoms with van der Waals surface area (Å²) in [6.45, 7) is 3.14. The first-order valence-corrected chi connectivity index (χ1v) is 7.76. The van der Waals surface area contributed by atoms with Crippen molar-refractivity contribution in [2.45, 2.75) is 50.3 Å². The topological polar surface area (TPSA) is 38.8 Å². The molecule has 112 valence electrons. The van der Waals surface area contributed by atoms with Crippen LogP contribution in [0, 0.1) is 0 Å². The van der Waals surface area contributed by atoms with E-state index in [1.165, 1.54) is 12.8 Å². The predicted octanol–water partition coefficient (Wildman–Crippen LogP) is 2.66. The fourth-order valence-electron chi connectivity index (χ4n) is 3.91. The molecular formula is C17H21NO3. The Hall–Kier alpha value is -1.55. The molecule has 1 saturated heterocycles. The Labute approximate surface area is 125 Å². The van der Waals surface area contributed by atoms with Crippen LogP contribution in [0.3, 0.4) is 0 Å². The summed E-state index contributed by atoms with van der Waals surface area (Å²) in [6, 6.07) is 6.75. The van der Waals surface area contributed by atoms with Gasteiger partial charge in [-0.05, 0) is 38.0 Å². The first-order chi connectivity index (χ1) is 10.1. The van der Waals surface area contributed by atoms with Crippen molar-refractivity contribution in [2.24, 2.45) is 0 Å². The maximum absolute atomic E-state index is 12.6. The summed E-state index contributed by atoms with van der Waals surface area (Å²) in [5.74, 6) is 1.61. The van der Waals surface area contributed by atoms with Gasteiger partial charge in [-0.3, -0.25) is 9.69 Å². The second-order valence-electron chi connectivity index (χ2n) is 6.70. The molecule has 0 aromatic heterocycles. The van der Waals surface area contributed by atoms with Crippen molar-refractivity contribution >= 4 is 5.78 Å². The van der Waals surface area contributed by atoms with E-state index >= 15 is 0 Å². The number of ether oxygens (including phenoxy) is 2. The van der Waals surface area contributed by atoms with Gasteiger partial charge in [-0.2, -0.15) is 0 Å². The van der Waals surface area contributed by atoms with Gasteiger partial charge in [0.1, 0.15) is 17.1 Å². The van der Waals surface area contributed by atoms with E-state index in [1.54, 1.807) is 13.2 Å². The molecule has 0 amide bonds. The Bertz CT molecular complexity index is 596. The number of fused-ring (bicyclic) bond motifs is 1. The molecular weight excluding hydrogens is 266 g/mol. The molecule has 4 nitrogen and oxygen atoms in total. The minimum absolute atomic E-state index is 0.181. The molecule has 2 heterocycles. The van der Waals surface area contributed by atoms with Crippen LogP contribution < -0.4 is 9.47 Å². The first kappa shape index (κ1) is 13.1. The lowest BCUT2D eigenvalue weighted by atomic mass is 9.88. The molecule has 3 aliphatic rings. The molecule has 4 rings (SSSR count). The molecule has 1 spiro atoms. The van der Waals surface area contributed by atoms with Gasteiger partial charge in [-0.15, -0.1) is 0 Å². The molecule has 2 fully saturated rings. The molecule has 0 N–H and O–H groups in total. The number of benzene rings is 1. The van der Waals surface area contributed by atoms with E-state index in [0.29, 0.717) is 23.8 Å². The molecule has 4 heteroatoms. The maximum atomic E-state index is 12.6. The third kappa shape index (κ3) is 2.13. The van der Waals surface area contributed by atoms with Crippen LogP contribution in [0.2, 0.25) is 0 Å². The highest BCUT2D eigenvalue weighted by Gasteiger charge is 2.51. The number of carbonyl (C=O) groups excluding carboxylic acids is 1. The summed E-state index contributed by atoms with van der Waals surface area (Å²) < 4.78 is 11.5. The third-order valence-corrected chi connectivity index (χ3v) is 5.02. The number of nitrogens with zero attached hydrogens (tertiary/aromatic N) is 1. The number of hydrogen-bond donors (Lipinski definition) is 0. The summed E-state index contributed by atoms with van der Waals surface area (Å²) in [5.41, 5.74) is 0.346. The van der Waals surface area contributed by atoms with E-state index in [0.717, 1.165) is 24.8 Å². The van der Waals surface area contributed by atoms with Crippen LogP contribution >= 0.6 is 0 Å². The van der Waals surface area contributed by atoms with Crippen LogP contribution in [0.25, 0.3) is 0 Å². The lowest BCUT2D eigenvalue weighted by molar-refractivity contribution is 0.0453. The molecule has 1 aromatic rings. The number of hydrogen-bond acceptors (Lipinski definition) is 4. The Balaban J connectivity index is 1.64. The highest BCUT2D eigenvalue weighted by Crippen LogP contribution is 2.44. The van der Waals surface area contributed by atoms with Crippen LogP contribution in [0.15, 0.2) is 18.2 Å². The first-order valence-electron chi connectivity index (χ1n) is 7.76. The summed E-state index contributed by atoms with van der Waals surface area (Å²) >= 11 is 0. The quantitative estimate of drug-likeness (QED) is 0.838. The zero-order valence-electron chi connectivity index (χ0n) is 12.6. The number of likely N-dealkylation sites (tertiary alicyclic amines) is 1. The number of carbonyl (C=O) groups is 1. The molecule has 2 atom stereocenters. The highest BCUT2D eigenvalue weighted by atomic mass is 16.5. The van der Waals surface area contributed by atoms with Gasteiger partial charge in [0.15, 0.2) is 5.78 Å². The van der Waals surface area contributed by atoms with Crippen molar-refractivity contribution in [1.82, 2.24) is 4.90 Å². The monoisotopic (exact) mass is 287 g/mol. The molecule has 21 heavy (non-hydrogen) atoms. The molecule has 1 saturated carbocycles. The van der Waals surface area contributed by atoms with Crippen molar-refractivity contribution < 1.29 is 14.3 Å². The molecule has 1 aromatic carbocycles. The molecule has 2 unspecified atom stereocenters. The molecule has 2 aliphatic heterocycles. The summed E-state index contributed by atoms with van der Waals surface area (Å²) in [7, 11) is 1.61. The molecule has 1 aliphatic carbocycles. The van der Waals surface area contributed by atoms with Crippen LogP contribution in [-0.2, 0) is 0 Å². The minimum atomic E-state index is -0.319. The standard InChI is InChI=1S/C17H21NO3/c1-11-8-17(10-18(11)12-3-4-12)9-15(19)14-7-13(20-2)5-6-16(14)21-17/h5-7,11-12H,3-4,8-10H2,1-2H3. The molecule has 0 bridgehead atoms. The lowest BCUT2D eigenvalue weighted by Gasteiger charge is -2.35. The van der Waals surface area contributed by atoms with Crippen molar-refractivity contribution in [2.75, 3.05) is 13.7 Å². The highest BCUT2D eigenvalue weighted by molar-refractivity contribution is 6.00. The summed E-state index contributed by atoms with van der Waals surface area (Å²) in [4.78, 5) is 15.1. The summed E-state index contributed by atoms with van der Waals surface area (Å²) in [5, 5.41) is 0. The molecule has 0 radical (unpaired) electrons.